The Morgan fingerprint density at radius 3 is 2.53 bits per heavy atom. The Morgan fingerprint density at radius 2 is 2.00 bits per heavy atom. The highest BCUT2D eigenvalue weighted by molar-refractivity contribution is 5.76. The number of hydrogen-bond donors (Lipinski definition) is 2. The molecule has 0 unspecified atom stereocenters. The summed E-state index contributed by atoms with van der Waals surface area (Å²) in [5.41, 5.74) is 0.988. The number of rotatable bonds is 6. The van der Waals surface area contributed by atoms with E-state index in [1.54, 1.807) is 31.2 Å². The minimum Gasteiger partial charge on any atom is -0.508 e. The Hall–Kier alpha value is -1.55. The van der Waals surface area contributed by atoms with Gasteiger partial charge in [0.15, 0.2) is 0 Å². The van der Waals surface area contributed by atoms with E-state index in [4.69, 9.17) is 4.74 Å². The fourth-order valence-electron chi connectivity index (χ4n) is 1.60. The van der Waals surface area contributed by atoms with Gasteiger partial charge in [-0.3, -0.25) is 4.79 Å². The quantitative estimate of drug-likeness (QED) is 0.736. The van der Waals surface area contributed by atoms with E-state index >= 15 is 0 Å². The molecule has 1 aromatic carbocycles. The first-order valence-electron chi connectivity index (χ1n) is 5.85. The Bertz CT molecular complexity index is 348. The van der Waals surface area contributed by atoms with Crippen LogP contribution in [0.1, 0.15) is 19.4 Å². The van der Waals surface area contributed by atoms with E-state index < -0.39 is 0 Å². The second kappa shape index (κ2) is 6.91. The molecule has 0 spiro atoms. The maximum absolute atomic E-state index is 11.7. The van der Waals surface area contributed by atoms with Gasteiger partial charge in [-0.2, -0.15) is 0 Å². The molecule has 1 aromatic rings. The van der Waals surface area contributed by atoms with Crippen molar-refractivity contribution in [2.24, 2.45) is 0 Å². The molecule has 1 atom stereocenters. The van der Waals surface area contributed by atoms with Crippen molar-refractivity contribution in [3.63, 3.8) is 0 Å². The lowest BCUT2D eigenvalue weighted by Gasteiger charge is -2.16. The topological polar surface area (TPSA) is 58.6 Å². The summed E-state index contributed by atoms with van der Waals surface area (Å²) in [5.74, 6) is -0.00712. The molecule has 0 radical (unpaired) electrons. The Morgan fingerprint density at radius 1 is 1.35 bits per heavy atom. The van der Waals surface area contributed by atoms with Gasteiger partial charge in [0.2, 0.25) is 0 Å². The highest BCUT2D eigenvalue weighted by Gasteiger charge is 2.18. The van der Waals surface area contributed by atoms with Gasteiger partial charge in [0.1, 0.15) is 11.8 Å². The van der Waals surface area contributed by atoms with Crippen LogP contribution < -0.4 is 5.32 Å². The molecule has 0 amide bonds. The van der Waals surface area contributed by atoms with Gasteiger partial charge in [0, 0.05) is 0 Å². The van der Waals surface area contributed by atoms with Crippen LogP contribution in [-0.2, 0) is 16.0 Å². The summed E-state index contributed by atoms with van der Waals surface area (Å²) >= 11 is 0. The number of likely N-dealkylation sites (N-methyl/N-ethyl adjacent to an activating group) is 1. The smallest absolute Gasteiger partial charge is 0.323 e. The summed E-state index contributed by atoms with van der Waals surface area (Å²) in [6.07, 6.45) is 0.562. The van der Waals surface area contributed by atoms with Crippen molar-refractivity contribution in [3.05, 3.63) is 29.8 Å². The third-order valence-corrected chi connectivity index (χ3v) is 2.40. The van der Waals surface area contributed by atoms with Crippen molar-refractivity contribution in [2.45, 2.75) is 26.3 Å². The van der Waals surface area contributed by atoms with Gasteiger partial charge in [0.05, 0.1) is 6.61 Å². The lowest BCUT2D eigenvalue weighted by atomic mass is 10.1. The van der Waals surface area contributed by atoms with Gasteiger partial charge >= 0.3 is 5.97 Å². The minimum atomic E-state index is -0.329. The third kappa shape index (κ3) is 4.44. The largest absolute Gasteiger partial charge is 0.508 e. The molecule has 4 nitrogen and oxygen atoms in total. The van der Waals surface area contributed by atoms with Crippen LogP contribution in [0.15, 0.2) is 24.3 Å². The lowest BCUT2D eigenvalue weighted by molar-refractivity contribution is -0.145. The third-order valence-electron chi connectivity index (χ3n) is 2.40. The van der Waals surface area contributed by atoms with Crippen LogP contribution in [0, 0.1) is 0 Å². The first-order valence-corrected chi connectivity index (χ1v) is 5.85. The van der Waals surface area contributed by atoms with Crippen LogP contribution in [0.5, 0.6) is 5.75 Å². The molecule has 0 fully saturated rings. The zero-order valence-corrected chi connectivity index (χ0v) is 10.3. The average Bonchev–Trinajstić information content (AvgIpc) is 2.31. The molecular formula is C13H19NO3. The second-order valence-electron chi connectivity index (χ2n) is 3.73. The van der Waals surface area contributed by atoms with Gasteiger partial charge in [-0.1, -0.05) is 19.1 Å². The van der Waals surface area contributed by atoms with Crippen LogP contribution in [-0.4, -0.2) is 30.3 Å². The number of phenolic OH excluding ortho intramolecular Hbond substituents is 1. The van der Waals surface area contributed by atoms with E-state index in [0.717, 1.165) is 5.56 Å². The average molecular weight is 237 g/mol. The Labute approximate surface area is 102 Å². The molecule has 0 aliphatic heterocycles. The van der Waals surface area contributed by atoms with Crippen molar-refractivity contribution < 1.29 is 14.6 Å². The van der Waals surface area contributed by atoms with E-state index in [9.17, 15) is 9.90 Å². The van der Waals surface area contributed by atoms with Crippen molar-refractivity contribution in [3.8, 4) is 5.75 Å². The number of phenols is 1. The lowest BCUT2D eigenvalue weighted by Crippen LogP contribution is -2.39. The number of carbonyl (C=O) groups is 1. The molecule has 0 aliphatic carbocycles. The van der Waals surface area contributed by atoms with Crippen LogP contribution in [0.4, 0.5) is 0 Å². The fraction of sp³-hybridized carbons (Fsp3) is 0.462. The molecule has 17 heavy (non-hydrogen) atoms. The highest BCUT2D eigenvalue weighted by atomic mass is 16.5. The maximum atomic E-state index is 11.7. The molecule has 1 rings (SSSR count). The van der Waals surface area contributed by atoms with Crippen molar-refractivity contribution in [1.29, 1.82) is 0 Å². The second-order valence-corrected chi connectivity index (χ2v) is 3.73. The summed E-state index contributed by atoms with van der Waals surface area (Å²) in [6.45, 7) is 4.84. The molecule has 0 heterocycles. The first-order chi connectivity index (χ1) is 8.17. The highest BCUT2D eigenvalue weighted by Crippen LogP contribution is 2.11. The number of hydrogen-bond acceptors (Lipinski definition) is 4. The van der Waals surface area contributed by atoms with Crippen LogP contribution in [0.3, 0.4) is 0 Å². The number of carbonyl (C=O) groups excluding carboxylic acids is 1. The number of ether oxygens (including phenoxy) is 1. The maximum Gasteiger partial charge on any atom is 0.323 e. The number of benzene rings is 1. The summed E-state index contributed by atoms with van der Waals surface area (Å²) in [6, 6.07) is 6.51. The number of aromatic hydroxyl groups is 1. The van der Waals surface area contributed by atoms with E-state index in [2.05, 4.69) is 5.32 Å². The normalized spacial score (nSPS) is 12.1. The van der Waals surface area contributed by atoms with E-state index in [1.165, 1.54) is 0 Å². The predicted molar refractivity (Wildman–Crippen MR) is 65.9 cm³/mol. The van der Waals surface area contributed by atoms with Gasteiger partial charge in [0.25, 0.3) is 0 Å². The molecule has 4 heteroatoms. The van der Waals surface area contributed by atoms with Gasteiger partial charge in [-0.15, -0.1) is 0 Å². The zero-order chi connectivity index (χ0) is 12.7. The Kier molecular flexibility index (Phi) is 5.49. The van der Waals surface area contributed by atoms with Crippen molar-refractivity contribution >= 4 is 5.97 Å². The Balaban J connectivity index is 2.65. The molecule has 0 bridgehead atoms. The molecule has 0 saturated heterocycles. The SMILES string of the molecule is CCN[C@@H](Cc1ccc(O)cc1)C(=O)OCC. The summed E-state index contributed by atoms with van der Waals surface area (Å²) < 4.78 is 5.00. The zero-order valence-electron chi connectivity index (χ0n) is 10.3. The van der Waals surface area contributed by atoms with Crippen LogP contribution >= 0.6 is 0 Å². The molecule has 0 saturated carbocycles. The summed E-state index contributed by atoms with van der Waals surface area (Å²) in [5, 5.41) is 12.3. The minimum absolute atomic E-state index is 0.227. The first kappa shape index (κ1) is 13.5. The van der Waals surface area contributed by atoms with E-state index in [0.29, 0.717) is 19.6 Å². The van der Waals surface area contributed by atoms with E-state index in [-0.39, 0.29) is 17.8 Å². The molecule has 0 aromatic heterocycles. The molecular weight excluding hydrogens is 218 g/mol. The fourth-order valence-corrected chi connectivity index (χ4v) is 1.60. The van der Waals surface area contributed by atoms with Crippen LogP contribution in [0.25, 0.3) is 0 Å². The number of esters is 1. The molecule has 94 valence electrons. The predicted octanol–water partition coefficient (Wildman–Crippen LogP) is 1.48. The van der Waals surface area contributed by atoms with Gasteiger partial charge in [-0.25, -0.2) is 0 Å². The van der Waals surface area contributed by atoms with Crippen molar-refractivity contribution in [2.75, 3.05) is 13.2 Å². The molecule has 2 N–H and O–H groups in total. The summed E-state index contributed by atoms with van der Waals surface area (Å²) in [4.78, 5) is 11.7. The van der Waals surface area contributed by atoms with E-state index in [1.807, 2.05) is 6.92 Å². The number of nitrogens with one attached hydrogen (secondary N) is 1. The summed E-state index contributed by atoms with van der Waals surface area (Å²) in [7, 11) is 0. The van der Waals surface area contributed by atoms with Crippen LogP contribution in [0.2, 0.25) is 0 Å². The van der Waals surface area contributed by atoms with Crippen molar-refractivity contribution in [1.82, 2.24) is 5.32 Å². The monoisotopic (exact) mass is 237 g/mol. The van der Waals surface area contributed by atoms with Gasteiger partial charge < -0.3 is 15.2 Å². The van der Waals surface area contributed by atoms with Gasteiger partial charge in [-0.05, 0) is 37.6 Å². The standard InChI is InChI=1S/C13H19NO3/c1-3-14-12(13(16)17-4-2)9-10-5-7-11(15)8-6-10/h5-8,12,14-15H,3-4,9H2,1-2H3/t12-/m0/s1. The molecule has 0 aliphatic rings.